The number of aromatic nitrogens is 2. The molecule has 0 aliphatic heterocycles. The van der Waals surface area contributed by atoms with Crippen molar-refractivity contribution in [2.24, 2.45) is 0 Å². The molecule has 2 heterocycles. The molecule has 0 radical (unpaired) electrons. The van der Waals surface area contributed by atoms with Gasteiger partial charge < -0.3 is 10.1 Å². The summed E-state index contributed by atoms with van der Waals surface area (Å²) in [4.78, 5) is 20.6. The van der Waals surface area contributed by atoms with E-state index in [2.05, 4.69) is 33.0 Å². The first-order valence-electron chi connectivity index (χ1n) is 5.38. The number of nitrogens with zero attached hydrogens (tertiary/aromatic N) is 2. The van der Waals surface area contributed by atoms with Gasteiger partial charge in [-0.3, -0.25) is 4.98 Å². The molecule has 0 unspecified atom stereocenters. The minimum absolute atomic E-state index is 0.199. The maximum atomic E-state index is 11.3. The molecule has 2 aromatic heterocycles. The molecule has 0 atom stereocenters. The molecule has 0 amide bonds. The van der Waals surface area contributed by atoms with Crippen LogP contribution in [0, 0.1) is 6.92 Å². The summed E-state index contributed by atoms with van der Waals surface area (Å²) in [6.45, 7) is 2.73. The molecule has 0 saturated heterocycles. The minimum atomic E-state index is -0.488. The number of esters is 1. The monoisotopic (exact) mass is 263 g/mol. The smallest absolute Gasteiger partial charge is 0.358 e. The lowest BCUT2D eigenvalue weighted by Crippen LogP contribution is -2.08. The van der Waals surface area contributed by atoms with Gasteiger partial charge in [0.25, 0.3) is 0 Å². The Morgan fingerprint density at radius 3 is 3.00 bits per heavy atom. The summed E-state index contributed by atoms with van der Waals surface area (Å²) >= 11 is 1.68. The van der Waals surface area contributed by atoms with Crippen LogP contribution in [0.2, 0.25) is 0 Å². The van der Waals surface area contributed by atoms with Gasteiger partial charge >= 0.3 is 5.97 Å². The number of carbonyl (C=O) groups excluding carboxylic acids is 1. The SMILES string of the molecule is COC(=O)c1cncc(NCc2sccc2C)n1. The van der Waals surface area contributed by atoms with Crippen molar-refractivity contribution in [1.82, 2.24) is 9.97 Å². The lowest BCUT2D eigenvalue weighted by molar-refractivity contribution is 0.0593. The second-order valence-electron chi connectivity index (χ2n) is 3.66. The number of aryl methyl sites for hydroxylation is 1. The molecular weight excluding hydrogens is 250 g/mol. The maximum absolute atomic E-state index is 11.3. The van der Waals surface area contributed by atoms with E-state index in [1.807, 2.05) is 5.38 Å². The van der Waals surface area contributed by atoms with E-state index in [4.69, 9.17) is 0 Å². The molecule has 0 aromatic carbocycles. The van der Waals surface area contributed by atoms with Gasteiger partial charge in [0.15, 0.2) is 5.69 Å². The Labute approximate surface area is 109 Å². The quantitative estimate of drug-likeness (QED) is 0.857. The Morgan fingerprint density at radius 2 is 2.33 bits per heavy atom. The molecule has 94 valence electrons. The number of thiophene rings is 1. The Balaban J connectivity index is 2.06. The fourth-order valence-electron chi connectivity index (χ4n) is 1.41. The summed E-state index contributed by atoms with van der Waals surface area (Å²) in [6.07, 6.45) is 2.96. The zero-order chi connectivity index (χ0) is 13.0. The summed E-state index contributed by atoms with van der Waals surface area (Å²) in [6, 6.07) is 2.07. The van der Waals surface area contributed by atoms with Gasteiger partial charge in [0.1, 0.15) is 5.82 Å². The minimum Gasteiger partial charge on any atom is -0.464 e. The molecule has 0 saturated carbocycles. The highest BCUT2D eigenvalue weighted by molar-refractivity contribution is 7.10. The van der Waals surface area contributed by atoms with Crippen molar-refractivity contribution in [1.29, 1.82) is 0 Å². The van der Waals surface area contributed by atoms with Crippen LogP contribution in [0.15, 0.2) is 23.8 Å². The number of rotatable bonds is 4. The van der Waals surface area contributed by atoms with Gasteiger partial charge in [0, 0.05) is 4.88 Å². The van der Waals surface area contributed by atoms with Crippen LogP contribution in [0.25, 0.3) is 0 Å². The van der Waals surface area contributed by atoms with E-state index in [9.17, 15) is 4.79 Å². The molecule has 18 heavy (non-hydrogen) atoms. The van der Waals surface area contributed by atoms with E-state index in [1.54, 1.807) is 17.5 Å². The highest BCUT2D eigenvalue weighted by atomic mass is 32.1. The summed E-state index contributed by atoms with van der Waals surface area (Å²) in [5.41, 5.74) is 1.44. The molecule has 2 aromatic rings. The number of carbonyl (C=O) groups is 1. The van der Waals surface area contributed by atoms with Crippen molar-refractivity contribution in [3.8, 4) is 0 Å². The molecule has 0 spiro atoms. The second kappa shape index (κ2) is 5.59. The average Bonchev–Trinajstić information content (AvgIpc) is 2.81. The van der Waals surface area contributed by atoms with Crippen LogP contribution in [0.1, 0.15) is 20.9 Å². The molecule has 6 heteroatoms. The third-order valence-corrected chi connectivity index (χ3v) is 3.45. The second-order valence-corrected chi connectivity index (χ2v) is 4.66. The summed E-state index contributed by atoms with van der Waals surface area (Å²) in [7, 11) is 1.32. The zero-order valence-corrected chi connectivity index (χ0v) is 11.0. The van der Waals surface area contributed by atoms with Crippen LogP contribution in [0.3, 0.4) is 0 Å². The van der Waals surface area contributed by atoms with Crippen molar-refractivity contribution in [3.05, 3.63) is 40.0 Å². The lowest BCUT2D eigenvalue weighted by atomic mass is 10.3. The van der Waals surface area contributed by atoms with Crippen molar-refractivity contribution in [3.63, 3.8) is 0 Å². The highest BCUT2D eigenvalue weighted by Crippen LogP contribution is 2.16. The van der Waals surface area contributed by atoms with Gasteiger partial charge in [0.05, 0.1) is 26.0 Å². The fourth-order valence-corrected chi connectivity index (χ4v) is 2.26. The zero-order valence-electron chi connectivity index (χ0n) is 10.1. The third kappa shape index (κ3) is 2.84. The largest absolute Gasteiger partial charge is 0.464 e. The summed E-state index contributed by atoms with van der Waals surface area (Å²) < 4.78 is 4.59. The van der Waals surface area contributed by atoms with Crippen molar-refractivity contribution in [2.45, 2.75) is 13.5 Å². The van der Waals surface area contributed by atoms with Gasteiger partial charge in [-0.2, -0.15) is 0 Å². The lowest BCUT2D eigenvalue weighted by Gasteiger charge is -2.05. The number of nitrogens with one attached hydrogen (secondary N) is 1. The third-order valence-electron chi connectivity index (χ3n) is 2.43. The predicted octanol–water partition coefficient (Wildman–Crippen LogP) is 2.25. The Kier molecular flexibility index (Phi) is 3.88. The van der Waals surface area contributed by atoms with Crippen LogP contribution in [-0.2, 0) is 11.3 Å². The van der Waals surface area contributed by atoms with E-state index in [1.165, 1.54) is 23.7 Å². The highest BCUT2D eigenvalue weighted by Gasteiger charge is 2.08. The van der Waals surface area contributed by atoms with Gasteiger partial charge in [-0.05, 0) is 23.9 Å². The van der Waals surface area contributed by atoms with Gasteiger partial charge in [-0.25, -0.2) is 9.78 Å². The van der Waals surface area contributed by atoms with Crippen molar-refractivity contribution < 1.29 is 9.53 Å². The number of ether oxygens (including phenoxy) is 1. The van der Waals surface area contributed by atoms with E-state index >= 15 is 0 Å². The molecular formula is C12H13N3O2S. The topological polar surface area (TPSA) is 64.1 Å². The van der Waals surface area contributed by atoms with Crippen LogP contribution in [0.4, 0.5) is 5.82 Å². The summed E-state index contributed by atoms with van der Waals surface area (Å²) in [5.74, 6) is 0.0733. The number of hydrogen-bond acceptors (Lipinski definition) is 6. The van der Waals surface area contributed by atoms with Crippen LogP contribution in [0.5, 0.6) is 0 Å². The number of anilines is 1. The van der Waals surface area contributed by atoms with E-state index in [-0.39, 0.29) is 5.69 Å². The normalized spacial score (nSPS) is 10.1. The fraction of sp³-hybridized carbons (Fsp3) is 0.250. The molecule has 2 rings (SSSR count). The predicted molar refractivity (Wildman–Crippen MR) is 69.8 cm³/mol. The van der Waals surface area contributed by atoms with Gasteiger partial charge in [-0.15, -0.1) is 11.3 Å². The molecule has 0 fully saturated rings. The number of hydrogen-bond donors (Lipinski definition) is 1. The Hall–Kier alpha value is -1.95. The first-order valence-corrected chi connectivity index (χ1v) is 6.26. The van der Waals surface area contributed by atoms with Crippen molar-refractivity contribution in [2.75, 3.05) is 12.4 Å². The Morgan fingerprint density at radius 1 is 1.50 bits per heavy atom. The Bertz CT molecular complexity index is 554. The molecule has 0 aliphatic carbocycles. The van der Waals surface area contributed by atoms with E-state index < -0.39 is 5.97 Å². The maximum Gasteiger partial charge on any atom is 0.358 e. The van der Waals surface area contributed by atoms with Gasteiger partial charge in [-0.1, -0.05) is 0 Å². The first-order chi connectivity index (χ1) is 8.70. The molecule has 5 nitrogen and oxygen atoms in total. The van der Waals surface area contributed by atoms with E-state index in [0.29, 0.717) is 12.4 Å². The van der Waals surface area contributed by atoms with E-state index in [0.717, 1.165) is 0 Å². The average molecular weight is 263 g/mol. The summed E-state index contributed by atoms with van der Waals surface area (Å²) in [5, 5.41) is 5.18. The standard InChI is InChI=1S/C12H13N3O2S/c1-8-3-4-18-10(8)6-14-11-7-13-5-9(15-11)12(16)17-2/h3-5,7H,6H2,1-2H3,(H,14,15). The molecule has 0 aliphatic rings. The van der Waals surface area contributed by atoms with Crippen molar-refractivity contribution >= 4 is 23.1 Å². The molecule has 0 bridgehead atoms. The first kappa shape index (κ1) is 12.5. The molecule has 1 N–H and O–H groups in total. The van der Waals surface area contributed by atoms with Gasteiger partial charge in [0.2, 0.25) is 0 Å². The van der Waals surface area contributed by atoms with Crippen LogP contribution >= 0.6 is 11.3 Å². The van der Waals surface area contributed by atoms with Crippen LogP contribution < -0.4 is 5.32 Å². The number of methoxy groups -OCH3 is 1. The van der Waals surface area contributed by atoms with Crippen LogP contribution in [-0.4, -0.2) is 23.0 Å².